The monoisotopic (exact) mass is 349 g/mol. The molecular formula is C10H9BrIN. The minimum Gasteiger partial charge on any atom is -0.371 e. The molecule has 0 heterocycles. The zero-order valence-electron chi connectivity index (χ0n) is 7.14. The summed E-state index contributed by atoms with van der Waals surface area (Å²) in [5.41, 5.74) is 1.04. The highest BCUT2D eigenvalue weighted by molar-refractivity contribution is 14.1. The summed E-state index contributed by atoms with van der Waals surface area (Å²) in [5.74, 6) is 2.63. The van der Waals surface area contributed by atoms with Gasteiger partial charge in [-0.15, -0.1) is 6.42 Å². The quantitative estimate of drug-likeness (QED) is 0.636. The zero-order valence-corrected chi connectivity index (χ0v) is 10.9. The molecule has 0 amide bonds. The fraction of sp³-hybridized carbons (Fsp3) is 0.200. The van der Waals surface area contributed by atoms with Gasteiger partial charge in [-0.1, -0.05) is 5.92 Å². The second kappa shape index (κ2) is 4.87. The number of hydrogen-bond donors (Lipinski definition) is 1. The summed E-state index contributed by atoms with van der Waals surface area (Å²) in [6.45, 7) is 1.95. The van der Waals surface area contributed by atoms with Gasteiger partial charge in [0.05, 0.1) is 11.7 Å². The van der Waals surface area contributed by atoms with Crippen LogP contribution in [0.15, 0.2) is 22.7 Å². The number of benzene rings is 1. The molecule has 1 rings (SSSR count). The maximum absolute atomic E-state index is 5.28. The maximum Gasteiger partial charge on any atom is 0.0846 e. The lowest BCUT2D eigenvalue weighted by Gasteiger charge is -2.11. The van der Waals surface area contributed by atoms with Crippen LogP contribution in [0.2, 0.25) is 0 Å². The topological polar surface area (TPSA) is 12.0 Å². The van der Waals surface area contributed by atoms with Crippen molar-refractivity contribution < 1.29 is 0 Å². The van der Waals surface area contributed by atoms with Crippen LogP contribution < -0.4 is 5.32 Å². The Kier molecular flexibility index (Phi) is 4.07. The van der Waals surface area contributed by atoms with Gasteiger partial charge in [0.15, 0.2) is 0 Å². The summed E-state index contributed by atoms with van der Waals surface area (Å²) in [6, 6.07) is 6.15. The van der Waals surface area contributed by atoms with Crippen molar-refractivity contribution in [1.29, 1.82) is 0 Å². The van der Waals surface area contributed by atoms with E-state index in [1.54, 1.807) is 0 Å². The highest BCUT2D eigenvalue weighted by Crippen LogP contribution is 2.24. The smallest absolute Gasteiger partial charge is 0.0846 e. The van der Waals surface area contributed by atoms with Crippen molar-refractivity contribution in [2.24, 2.45) is 0 Å². The van der Waals surface area contributed by atoms with Crippen molar-refractivity contribution in [1.82, 2.24) is 0 Å². The molecule has 0 saturated heterocycles. The molecule has 68 valence electrons. The molecular weight excluding hydrogens is 341 g/mol. The van der Waals surface area contributed by atoms with E-state index in [4.69, 9.17) is 6.42 Å². The molecule has 3 heteroatoms. The van der Waals surface area contributed by atoms with Gasteiger partial charge < -0.3 is 5.32 Å². The summed E-state index contributed by atoms with van der Waals surface area (Å²) in [5, 5.41) is 3.21. The van der Waals surface area contributed by atoms with Gasteiger partial charge in [0.1, 0.15) is 0 Å². The number of nitrogens with one attached hydrogen (secondary N) is 1. The predicted molar refractivity (Wildman–Crippen MR) is 68.8 cm³/mol. The van der Waals surface area contributed by atoms with E-state index in [1.807, 2.05) is 19.1 Å². The van der Waals surface area contributed by atoms with Crippen LogP contribution in [0, 0.1) is 15.9 Å². The maximum atomic E-state index is 5.28. The molecule has 1 aromatic carbocycles. The Morgan fingerprint density at radius 2 is 2.31 bits per heavy atom. The van der Waals surface area contributed by atoms with Gasteiger partial charge in [-0.25, -0.2) is 0 Å². The van der Waals surface area contributed by atoms with Gasteiger partial charge in [0, 0.05) is 8.04 Å². The Labute approximate surface area is 101 Å². The average molecular weight is 350 g/mol. The Bertz CT molecular complexity index is 343. The highest BCUT2D eigenvalue weighted by atomic mass is 127. The lowest BCUT2D eigenvalue weighted by atomic mass is 10.3. The average Bonchev–Trinajstić information content (AvgIpc) is 2.11. The molecule has 1 N–H and O–H groups in total. The van der Waals surface area contributed by atoms with E-state index in [0.29, 0.717) is 0 Å². The second-order valence-electron chi connectivity index (χ2n) is 2.66. The van der Waals surface area contributed by atoms with Crippen LogP contribution in [0.25, 0.3) is 0 Å². The molecule has 0 fully saturated rings. The third-order valence-corrected chi connectivity index (χ3v) is 2.91. The van der Waals surface area contributed by atoms with Crippen LogP contribution in [0.3, 0.4) is 0 Å². The Morgan fingerprint density at radius 3 is 2.92 bits per heavy atom. The molecule has 1 atom stereocenters. The Morgan fingerprint density at radius 1 is 1.62 bits per heavy atom. The molecule has 0 saturated carbocycles. The van der Waals surface area contributed by atoms with Crippen LogP contribution in [0.4, 0.5) is 5.69 Å². The minimum atomic E-state index is 0.0505. The predicted octanol–water partition coefficient (Wildman–Crippen LogP) is 3.49. The van der Waals surface area contributed by atoms with E-state index in [9.17, 15) is 0 Å². The van der Waals surface area contributed by atoms with E-state index < -0.39 is 0 Å². The number of halogens is 2. The minimum absolute atomic E-state index is 0.0505. The van der Waals surface area contributed by atoms with Crippen LogP contribution in [-0.4, -0.2) is 6.04 Å². The van der Waals surface area contributed by atoms with Crippen LogP contribution in [-0.2, 0) is 0 Å². The molecule has 1 aromatic rings. The Balaban J connectivity index is 2.88. The summed E-state index contributed by atoms with van der Waals surface area (Å²) >= 11 is 5.72. The van der Waals surface area contributed by atoms with Gasteiger partial charge >= 0.3 is 0 Å². The third-order valence-electron chi connectivity index (χ3n) is 1.55. The number of terminal acetylenes is 1. The SMILES string of the molecule is C#CC(C)Nc1cc(I)ccc1Br. The molecule has 0 aliphatic heterocycles. The third kappa shape index (κ3) is 3.20. The van der Waals surface area contributed by atoms with E-state index in [2.05, 4.69) is 55.8 Å². The molecule has 0 aliphatic carbocycles. The fourth-order valence-corrected chi connectivity index (χ4v) is 1.74. The second-order valence-corrected chi connectivity index (χ2v) is 4.76. The molecule has 1 unspecified atom stereocenters. The number of rotatable bonds is 2. The molecule has 0 radical (unpaired) electrons. The van der Waals surface area contributed by atoms with E-state index >= 15 is 0 Å². The van der Waals surface area contributed by atoms with Crippen LogP contribution in [0.5, 0.6) is 0 Å². The molecule has 13 heavy (non-hydrogen) atoms. The number of anilines is 1. The normalized spacial score (nSPS) is 11.8. The van der Waals surface area contributed by atoms with E-state index in [0.717, 1.165) is 10.2 Å². The van der Waals surface area contributed by atoms with Crippen LogP contribution >= 0.6 is 38.5 Å². The summed E-state index contributed by atoms with van der Waals surface area (Å²) in [7, 11) is 0. The highest BCUT2D eigenvalue weighted by Gasteiger charge is 2.02. The number of hydrogen-bond acceptors (Lipinski definition) is 1. The van der Waals surface area contributed by atoms with Gasteiger partial charge in [0.25, 0.3) is 0 Å². The molecule has 0 bridgehead atoms. The van der Waals surface area contributed by atoms with Gasteiger partial charge in [-0.2, -0.15) is 0 Å². The van der Waals surface area contributed by atoms with E-state index in [-0.39, 0.29) is 6.04 Å². The first kappa shape index (κ1) is 10.9. The van der Waals surface area contributed by atoms with Crippen LogP contribution in [0.1, 0.15) is 6.92 Å². The summed E-state index contributed by atoms with van der Waals surface area (Å²) in [4.78, 5) is 0. The van der Waals surface area contributed by atoms with Crippen molar-refractivity contribution in [2.75, 3.05) is 5.32 Å². The van der Waals surface area contributed by atoms with Crippen molar-refractivity contribution in [2.45, 2.75) is 13.0 Å². The van der Waals surface area contributed by atoms with Crippen molar-refractivity contribution >= 4 is 44.2 Å². The standard InChI is InChI=1S/C10H9BrIN/c1-3-7(2)13-10-6-8(12)4-5-9(10)11/h1,4-7,13H,2H3. The molecule has 0 spiro atoms. The zero-order chi connectivity index (χ0) is 9.84. The summed E-state index contributed by atoms with van der Waals surface area (Å²) < 4.78 is 2.22. The van der Waals surface area contributed by atoms with Crippen molar-refractivity contribution in [3.8, 4) is 12.3 Å². The lowest BCUT2D eigenvalue weighted by molar-refractivity contribution is 1.03. The summed E-state index contributed by atoms with van der Waals surface area (Å²) in [6.07, 6.45) is 5.28. The Hall–Kier alpha value is -0.210. The molecule has 1 nitrogen and oxygen atoms in total. The van der Waals surface area contributed by atoms with Gasteiger partial charge in [-0.3, -0.25) is 0 Å². The first-order chi connectivity index (χ1) is 6.13. The van der Waals surface area contributed by atoms with Crippen molar-refractivity contribution in [3.63, 3.8) is 0 Å². The van der Waals surface area contributed by atoms with Gasteiger partial charge in [0.2, 0.25) is 0 Å². The fourth-order valence-electron chi connectivity index (χ4n) is 0.883. The molecule has 0 aromatic heterocycles. The van der Waals surface area contributed by atoms with Gasteiger partial charge in [-0.05, 0) is 63.6 Å². The molecule has 0 aliphatic rings. The van der Waals surface area contributed by atoms with E-state index in [1.165, 1.54) is 3.57 Å². The first-order valence-corrected chi connectivity index (χ1v) is 5.68. The van der Waals surface area contributed by atoms with Crippen molar-refractivity contribution in [3.05, 3.63) is 26.2 Å². The largest absolute Gasteiger partial charge is 0.371 e. The lowest BCUT2D eigenvalue weighted by Crippen LogP contribution is -2.12. The first-order valence-electron chi connectivity index (χ1n) is 3.81.